The second-order valence-electron chi connectivity index (χ2n) is 9.88. The molecule has 31 heavy (non-hydrogen) atoms. The number of carbonyl (C=O) groups is 1. The van der Waals surface area contributed by atoms with E-state index in [9.17, 15) is 4.79 Å². The molecule has 0 aromatic heterocycles. The van der Waals surface area contributed by atoms with Crippen LogP contribution in [-0.2, 0) is 25.3 Å². The van der Waals surface area contributed by atoms with E-state index in [4.69, 9.17) is 18.6 Å². The standard InChI is InChI=1S/C25H42O5Si/c1-18(15-19(2)24(26)28-8)23(30-31(9,10)25(4,5)6)20(3)16-29-17-21-11-13-22(27-7)14-12-21/h11-15,18,20,23H,16-17H2,1-10H3/b19-15-/t18-,20-,23+/m0/s1. The molecule has 1 aromatic rings. The summed E-state index contributed by atoms with van der Waals surface area (Å²) in [7, 11) is 1.06. The third kappa shape index (κ3) is 8.43. The summed E-state index contributed by atoms with van der Waals surface area (Å²) >= 11 is 0. The summed E-state index contributed by atoms with van der Waals surface area (Å²) in [6.07, 6.45) is 1.90. The fourth-order valence-electron chi connectivity index (χ4n) is 3.16. The summed E-state index contributed by atoms with van der Waals surface area (Å²) in [5.74, 6) is 0.736. The van der Waals surface area contributed by atoms with Crippen LogP contribution in [0.25, 0.3) is 0 Å². The Bertz CT molecular complexity index is 718. The van der Waals surface area contributed by atoms with E-state index < -0.39 is 8.32 Å². The van der Waals surface area contributed by atoms with Gasteiger partial charge >= 0.3 is 5.97 Å². The molecule has 0 fully saturated rings. The minimum Gasteiger partial charge on any atom is -0.497 e. The van der Waals surface area contributed by atoms with Crippen molar-refractivity contribution >= 4 is 14.3 Å². The molecule has 176 valence electrons. The van der Waals surface area contributed by atoms with Gasteiger partial charge in [0.05, 0.1) is 33.5 Å². The number of methoxy groups -OCH3 is 2. The number of benzene rings is 1. The SMILES string of the molecule is COC(=O)/C(C)=C\[C@H](C)[C@@H](O[Si](C)(C)C(C)(C)C)[C@@H](C)COCc1ccc(OC)cc1. The zero-order valence-electron chi connectivity index (χ0n) is 21.1. The highest BCUT2D eigenvalue weighted by Crippen LogP contribution is 2.39. The Morgan fingerprint density at radius 1 is 1.10 bits per heavy atom. The van der Waals surface area contributed by atoms with Crippen LogP contribution in [0.15, 0.2) is 35.9 Å². The summed E-state index contributed by atoms with van der Waals surface area (Å²) in [6, 6.07) is 7.90. The first kappa shape index (κ1) is 27.4. The molecule has 0 heterocycles. The molecule has 0 unspecified atom stereocenters. The third-order valence-corrected chi connectivity index (χ3v) is 10.6. The Morgan fingerprint density at radius 3 is 2.16 bits per heavy atom. The molecule has 0 spiro atoms. The highest BCUT2D eigenvalue weighted by molar-refractivity contribution is 6.74. The van der Waals surface area contributed by atoms with Crippen molar-refractivity contribution in [3.05, 3.63) is 41.5 Å². The monoisotopic (exact) mass is 450 g/mol. The van der Waals surface area contributed by atoms with Gasteiger partial charge < -0.3 is 18.6 Å². The molecule has 0 bridgehead atoms. The molecule has 3 atom stereocenters. The molecule has 0 aliphatic heterocycles. The van der Waals surface area contributed by atoms with Gasteiger partial charge in [0.1, 0.15) is 5.75 Å². The number of hydrogen-bond acceptors (Lipinski definition) is 5. The maximum Gasteiger partial charge on any atom is 0.333 e. The second kappa shape index (κ2) is 11.8. The lowest BCUT2D eigenvalue weighted by atomic mass is 9.92. The first-order valence-corrected chi connectivity index (χ1v) is 13.9. The van der Waals surface area contributed by atoms with Crippen LogP contribution in [0.3, 0.4) is 0 Å². The van der Waals surface area contributed by atoms with Crippen molar-refractivity contribution < 1.29 is 23.4 Å². The number of rotatable bonds is 11. The van der Waals surface area contributed by atoms with Crippen molar-refractivity contribution in [1.82, 2.24) is 0 Å². The first-order chi connectivity index (χ1) is 14.3. The van der Waals surface area contributed by atoms with Gasteiger partial charge in [0.15, 0.2) is 8.32 Å². The van der Waals surface area contributed by atoms with Crippen LogP contribution in [0.4, 0.5) is 0 Å². The zero-order chi connectivity index (χ0) is 23.8. The van der Waals surface area contributed by atoms with Gasteiger partial charge in [0.2, 0.25) is 0 Å². The highest BCUT2D eigenvalue weighted by atomic mass is 28.4. The maximum atomic E-state index is 11.9. The van der Waals surface area contributed by atoms with Gasteiger partial charge in [-0.25, -0.2) is 4.79 Å². The van der Waals surface area contributed by atoms with Crippen LogP contribution in [0, 0.1) is 11.8 Å². The number of hydrogen-bond donors (Lipinski definition) is 0. The predicted octanol–water partition coefficient (Wildman–Crippen LogP) is 5.99. The first-order valence-electron chi connectivity index (χ1n) is 11.0. The van der Waals surface area contributed by atoms with Crippen molar-refractivity contribution in [2.45, 2.75) is 72.4 Å². The lowest BCUT2D eigenvalue weighted by molar-refractivity contribution is -0.136. The van der Waals surface area contributed by atoms with Crippen molar-refractivity contribution in [3.8, 4) is 5.75 Å². The van der Waals surface area contributed by atoms with Crippen LogP contribution in [0.5, 0.6) is 5.75 Å². The van der Waals surface area contributed by atoms with Gasteiger partial charge in [0.25, 0.3) is 0 Å². The molecule has 5 nitrogen and oxygen atoms in total. The van der Waals surface area contributed by atoms with Crippen molar-refractivity contribution in [2.24, 2.45) is 11.8 Å². The predicted molar refractivity (Wildman–Crippen MR) is 129 cm³/mol. The van der Waals surface area contributed by atoms with Crippen molar-refractivity contribution in [2.75, 3.05) is 20.8 Å². The lowest BCUT2D eigenvalue weighted by Gasteiger charge is -2.42. The van der Waals surface area contributed by atoms with E-state index in [1.54, 1.807) is 14.0 Å². The molecule has 0 saturated carbocycles. The fraction of sp³-hybridized carbons (Fsp3) is 0.640. The number of esters is 1. The normalized spacial score (nSPS) is 15.9. The molecule has 0 amide bonds. The molecule has 0 N–H and O–H groups in total. The third-order valence-electron chi connectivity index (χ3n) is 6.14. The van der Waals surface area contributed by atoms with Crippen LogP contribution in [0.2, 0.25) is 18.1 Å². The molecule has 0 radical (unpaired) electrons. The van der Waals surface area contributed by atoms with Crippen LogP contribution < -0.4 is 4.74 Å². The number of carbonyl (C=O) groups excluding carboxylic acids is 1. The summed E-state index contributed by atoms with van der Waals surface area (Å²) < 4.78 is 22.9. The van der Waals surface area contributed by atoms with E-state index in [2.05, 4.69) is 47.7 Å². The van der Waals surface area contributed by atoms with Gasteiger partial charge in [-0.05, 0) is 42.8 Å². The Balaban J connectivity index is 2.93. The summed E-state index contributed by atoms with van der Waals surface area (Å²) in [4.78, 5) is 11.9. The highest BCUT2D eigenvalue weighted by Gasteiger charge is 2.41. The Labute approximate surface area is 190 Å². The topological polar surface area (TPSA) is 54.0 Å². The van der Waals surface area contributed by atoms with Crippen LogP contribution in [-0.4, -0.2) is 41.2 Å². The Hall–Kier alpha value is -1.63. The maximum absolute atomic E-state index is 11.9. The van der Waals surface area contributed by atoms with Gasteiger partial charge in [0, 0.05) is 17.4 Å². The fourth-order valence-corrected chi connectivity index (χ4v) is 4.64. The smallest absolute Gasteiger partial charge is 0.333 e. The molecule has 0 aliphatic rings. The average Bonchev–Trinajstić information content (AvgIpc) is 2.70. The minimum atomic E-state index is -2.01. The molecule has 0 saturated heterocycles. The van der Waals surface area contributed by atoms with Gasteiger partial charge in [-0.2, -0.15) is 0 Å². The van der Waals surface area contributed by atoms with E-state index in [1.165, 1.54) is 7.11 Å². The van der Waals surface area contributed by atoms with Crippen LogP contribution >= 0.6 is 0 Å². The average molecular weight is 451 g/mol. The molecular weight excluding hydrogens is 408 g/mol. The van der Waals surface area contributed by atoms with E-state index in [-0.39, 0.29) is 28.9 Å². The van der Waals surface area contributed by atoms with Gasteiger partial charge in [-0.3, -0.25) is 0 Å². The van der Waals surface area contributed by atoms with Crippen molar-refractivity contribution in [3.63, 3.8) is 0 Å². The van der Waals surface area contributed by atoms with Crippen LogP contribution in [0.1, 0.15) is 47.1 Å². The zero-order valence-corrected chi connectivity index (χ0v) is 22.1. The van der Waals surface area contributed by atoms with Gasteiger partial charge in [-0.1, -0.05) is 52.8 Å². The largest absolute Gasteiger partial charge is 0.497 e. The molecular formula is C25H42O5Si. The molecule has 1 rings (SSSR count). The van der Waals surface area contributed by atoms with E-state index >= 15 is 0 Å². The summed E-state index contributed by atoms with van der Waals surface area (Å²) in [5, 5.41) is 0.0930. The second-order valence-corrected chi connectivity index (χ2v) is 14.6. The van der Waals surface area contributed by atoms with E-state index in [0.717, 1.165) is 11.3 Å². The summed E-state index contributed by atoms with van der Waals surface area (Å²) in [6.45, 7) is 18.4. The summed E-state index contributed by atoms with van der Waals surface area (Å²) in [5.41, 5.74) is 1.70. The van der Waals surface area contributed by atoms with Gasteiger partial charge in [-0.15, -0.1) is 0 Å². The number of ether oxygens (including phenoxy) is 3. The Kier molecular flexibility index (Phi) is 10.5. The quantitative estimate of drug-likeness (QED) is 0.235. The lowest BCUT2D eigenvalue weighted by Crippen LogP contribution is -2.47. The van der Waals surface area contributed by atoms with Crippen molar-refractivity contribution in [1.29, 1.82) is 0 Å². The molecule has 1 aromatic carbocycles. The minimum absolute atomic E-state index is 0.0489. The molecule has 0 aliphatic carbocycles. The molecule has 6 heteroatoms. The van der Waals surface area contributed by atoms with E-state index in [1.807, 2.05) is 30.3 Å². The Morgan fingerprint density at radius 2 is 1.68 bits per heavy atom. The van der Waals surface area contributed by atoms with E-state index in [0.29, 0.717) is 18.8 Å².